The van der Waals surface area contributed by atoms with Gasteiger partial charge in [-0.25, -0.2) is 9.59 Å². The maximum atomic E-state index is 13.7. The van der Waals surface area contributed by atoms with E-state index in [0.29, 0.717) is 22.2 Å². The third kappa shape index (κ3) is 7.09. The first-order valence-corrected chi connectivity index (χ1v) is 19.9. The number of benzene rings is 5. The molecule has 12 nitrogen and oxygen atoms in total. The summed E-state index contributed by atoms with van der Waals surface area (Å²) in [5.74, 6) is -1.01. The van der Waals surface area contributed by atoms with E-state index in [9.17, 15) is 24.5 Å². The average Bonchev–Trinajstić information content (AvgIpc) is 3.71. The van der Waals surface area contributed by atoms with Gasteiger partial charge in [0.2, 0.25) is 0 Å². The van der Waals surface area contributed by atoms with Crippen molar-refractivity contribution in [2.24, 2.45) is 10.3 Å². The van der Waals surface area contributed by atoms with Crippen molar-refractivity contribution in [3.8, 4) is 0 Å². The molecule has 3 aromatic heterocycles. The molecule has 0 N–H and O–H groups in total. The molecule has 8 aromatic rings. The Labute approximate surface area is 335 Å². The Bertz CT molecular complexity index is 3120. The van der Waals surface area contributed by atoms with Crippen LogP contribution in [-0.2, 0) is 32.4 Å². The standard InChI is InChI=1S/C45H39N5O7S/c1-26(46-56-28(3)51)30-13-17-38-35(23-30)36-25-32(50(54)55)15-19-39(36)48(38)21-9-5-6-10-22-49-40-18-14-31(27(2)47-57-29(4)52)24-37(40)43-41(49)20-16-34-44(53)33-11-7-8-12-42(33)58-45(34)43/h7-8,11-20,23-25H,5-6,9-10,21-22H2,1-4H3/b46-26+,47-27-. The Morgan fingerprint density at radius 3 is 1.79 bits per heavy atom. The van der Waals surface area contributed by atoms with Crippen LogP contribution in [0, 0.1) is 10.1 Å². The van der Waals surface area contributed by atoms with E-state index in [1.54, 1.807) is 37.3 Å². The van der Waals surface area contributed by atoms with E-state index in [4.69, 9.17) is 9.68 Å². The van der Waals surface area contributed by atoms with Gasteiger partial charge in [-0.3, -0.25) is 14.9 Å². The lowest BCUT2D eigenvalue weighted by atomic mass is 10.1. The molecule has 0 aliphatic rings. The highest BCUT2D eigenvalue weighted by molar-refractivity contribution is 7.25. The van der Waals surface area contributed by atoms with E-state index in [-0.39, 0.29) is 16.0 Å². The molecule has 0 unspecified atom stereocenters. The number of aromatic nitrogens is 2. The minimum absolute atomic E-state index is 0.0149. The minimum atomic E-state index is -0.516. The fourth-order valence-electron chi connectivity index (χ4n) is 7.84. The number of non-ortho nitro benzene ring substituents is 1. The quantitative estimate of drug-likeness (QED) is 0.0299. The Hall–Kier alpha value is -6.73. The molecule has 3 heterocycles. The Balaban J connectivity index is 1.07. The summed E-state index contributed by atoms with van der Waals surface area (Å²) < 4.78 is 6.42. The first kappa shape index (κ1) is 38.2. The molecular weight excluding hydrogens is 755 g/mol. The van der Waals surface area contributed by atoms with E-state index in [1.807, 2.05) is 60.7 Å². The van der Waals surface area contributed by atoms with Crippen molar-refractivity contribution in [1.29, 1.82) is 0 Å². The first-order chi connectivity index (χ1) is 28.0. The molecule has 8 rings (SSSR count). The zero-order chi connectivity index (χ0) is 40.7. The Kier molecular flexibility index (Phi) is 10.3. The van der Waals surface area contributed by atoms with E-state index < -0.39 is 11.9 Å². The molecule has 5 aromatic carbocycles. The summed E-state index contributed by atoms with van der Waals surface area (Å²) in [6, 6.07) is 28.7. The van der Waals surface area contributed by atoms with Crippen LogP contribution in [-0.4, -0.2) is 37.4 Å². The van der Waals surface area contributed by atoms with Crippen molar-refractivity contribution < 1.29 is 24.2 Å². The fraction of sp³-hybridized carbons (Fsp3) is 0.222. The SMILES string of the molecule is CC(=O)O/N=C(/C)c1ccc2c(c1)c1c3sc4ccccc4c(=O)c3ccc1n2CCCCCCn1c2ccc(/C(C)=N/OC(C)=O)cc2c2cc([N+](=O)[O-])ccc21. The van der Waals surface area contributed by atoms with Crippen molar-refractivity contribution in [3.63, 3.8) is 0 Å². The summed E-state index contributed by atoms with van der Waals surface area (Å²) >= 11 is 1.62. The lowest BCUT2D eigenvalue weighted by molar-refractivity contribution is -0.384. The molecule has 0 fully saturated rings. The van der Waals surface area contributed by atoms with Gasteiger partial charge in [-0.1, -0.05) is 47.4 Å². The van der Waals surface area contributed by atoms with Crippen molar-refractivity contribution in [2.75, 3.05) is 0 Å². The normalized spacial score (nSPS) is 12.4. The van der Waals surface area contributed by atoms with Crippen molar-refractivity contribution >= 4 is 104 Å². The molecule has 0 saturated carbocycles. The third-order valence-corrected chi connectivity index (χ3v) is 11.8. The molecule has 0 amide bonds. The van der Waals surface area contributed by atoms with Crippen LogP contribution in [0.2, 0.25) is 0 Å². The van der Waals surface area contributed by atoms with Gasteiger partial charge >= 0.3 is 11.9 Å². The molecule has 0 radical (unpaired) electrons. The third-order valence-electron chi connectivity index (χ3n) is 10.6. The van der Waals surface area contributed by atoms with Crippen LogP contribution >= 0.6 is 11.3 Å². The fourth-order valence-corrected chi connectivity index (χ4v) is 9.07. The number of nitro benzene ring substituents is 1. The zero-order valence-corrected chi connectivity index (χ0v) is 33.2. The number of nitrogens with zero attached hydrogens (tertiary/aromatic N) is 5. The molecule has 0 aliphatic carbocycles. The summed E-state index contributed by atoms with van der Waals surface area (Å²) in [4.78, 5) is 57.7. The predicted molar refractivity (Wildman–Crippen MR) is 231 cm³/mol. The highest BCUT2D eigenvalue weighted by Crippen LogP contribution is 2.39. The second kappa shape index (κ2) is 15.7. The summed E-state index contributed by atoms with van der Waals surface area (Å²) in [6.07, 6.45) is 3.75. The topological polar surface area (TPSA) is 147 Å². The Morgan fingerprint density at radius 2 is 1.17 bits per heavy atom. The van der Waals surface area contributed by atoms with Gasteiger partial charge in [-0.15, -0.1) is 11.3 Å². The van der Waals surface area contributed by atoms with Gasteiger partial charge in [0.15, 0.2) is 5.43 Å². The van der Waals surface area contributed by atoms with E-state index in [0.717, 1.165) is 103 Å². The number of hydrogen-bond acceptors (Lipinski definition) is 10. The summed E-state index contributed by atoms with van der Waals surface area (Å²) in [5, 5.41) is 24.7. The molecule has 0 bridgehead atoms. The monoisotopic (exact) mass is 793 g/mol. The molecule has 0 atom stereocenters. The van der Waals surface area contributed by atoms with Crippen LogP contribution in [0.15, 0.2) is 106 Å². The zero-order valence-electron chi connectivity index (χ0n) is 32.4. The number of carbonyl (C=O) groups excluding carboxylic acids is 2. The lowest BCUT2D eigenvalue weighted by Gasteiger charge is -2.10. The number of fused-ring (bicyclic) bond motifs is 9. The minimum Gasteiger partial charge on any atom is -0.340 e. The number of aryl methyl sites for hydroxylation is 2. The first-order valence-electron chi connectivity index (χ1n) is 19.1. The highest BCUT2D eigenvalue weighted by atomic mass is 32.1. The molecule has 0 spiro atoms. The van der Waals surface area contributed by atoms with Crippen molar-refractivity contribution in [3.05, 3.63) is 122 Å². The maximum absolute atomic E-state index is 13.7. The van der Waals surface area contributed by atoms with E-state index in [2.05, 4.69) is 37.6 Å². The summed E-state index contributed by atoms with van der Waals surface area (Å²) in [6.45, 7) is 7.65. The number of carbonyl (C=O) groups is 2. The second-order valence-electron chi connectivity index (χ2n) is 14.4. The predicted octanol–water partition coefficient (Wildman–Crippen LogP) is 10.4. The van der Waals surface area contributed by atoms with Gasteiger partial charge in [0.25, 0.3) is 5.69 Å². The van der Waals surface area contributed by atoms with Gasteiger partial charge < -0.3 is 18.8 Å². The molecule has 0 aliphatic heterocycles. The Morgan fingerprint density at radius 1 is 0.638 bits per heavy atom. The van der Waals surface area contributed by atoms with Crippen LogP contribution in [0.4, 0.5) is 5.69 Å². The number of nitro groups is 1. The average molecular weight is 794 g/mol. The van der Waals surface area contributed by atoms with E-state index >= 15 is 0 Å². The van der Waals surface area contributed by atoms with Crippen molar-refractivity contribution in [2.45, 2.75) is 66.5 Å². The number of oxime groups is 2. The number of hydrogen-bond donors (Lipinski definition) is 0. The van der Waals surface area contributed by atoms with Crippen LogP contribution in [0.25, 0.3) is 63.8 Å². The molecule has 0 saturated heterocycles. The van der Waals surface area contributed by atoms with E-state index in [1.165, 1.54) is 13.8 Å². The van der Waals surface area contributed by atoms with Gasteiger partial charge in [0.1, 0.15) is 0 Å². The smallest absolute Gasteiger partial charge is 0.331 e. The van der Waals surface area contributed by atoms with Gasteiger partial charge in [0, 0.05) is 97.3 Å². The molecule has 13 heteroatoms. The summed E-state index contributed by atoms with van der Waals surface area (Å²) in [5.41, 5.74) is 6.66. The van der Waals surface area contributed by atoms with Gasteiger partial charge in [0.05, 0.1) is 21.9 Å². The van der Waals surface area contributed by atoms with Crippen LogP contribution < -0.4 is 5.43 Å². The maximum Gasteiger partial charge on any atom is 0.331 e. The largest absolute Gasteiger partial charge is 0.340 e. The van der Waals surface area contributed by atoms with Crippen LogP contribution in [0.1, 0.15) is 64.5 Å². The van der Waals surface area contributed by atoms with Gasteiger partial charge in [-0.2, -0.15) is 0 Å². The molecule has 58 heavy (non-hydrogen) atoms. The van der Waals surface area contributed by atoms with Crippen LogP contribution in [0.3, 0.4) is 0 Å². The lowest BCUT2D eigenvalue weighted by Crippen LogP contribution is -2.02. The molecule has 292 valence electrons. The summed E-state index contributed by atoms with van der Waals surface area (Å²) in [7, 11) is 0. The second-order valence-corrected chi connectivity index (χ2v) is 15.5. The number of rotatable bonds is 12. The van der Waals surface area contributed by atoms with Gasteiger partial charge in [-0.05, 0) is 92.4 Å². The van der Waals surface area contributed by atoms with Crippen molar-refractivity contribution in [1.82, 2.24) is 9.13 Å². The van der Waals surface area contributed by atoms with Crippen LogP contribution in [0.5, 0.6) is 0 Å². The molecular formula is C45H39N5O7S. The highest BCUT2D eigenvalue weighted by Gasteiger charge is 2.19. The number of unbranched alkanes of at least 4 members (excludes halogenated alkanes) is 3.